The SMILES string of the molecule is CCCC(Cc1cncc(-c2ccc(CN)c(OC)c2)n1)c1cccnc1. The smallest absolute Gasteiger partial charge is 0.124 e. The second-order valence-corrected chi connectivity index (χ2v) is 6.60. The third-order valence-corrected chi connectivity index (χ3v) is 4.74. The number of hydrogen-bond donors (Lipinski definition) is 1. The quantitative estimate of drug-likeness (QED) is 0.652. The predicted octanol–water partition coefficient (Wildman–Crippen LogP) is 4.13. The number of nitrogens with two attached hydrogens (primary N) is 1. The van der Waals surface area contributed by atoms with Gasteiger partial charge in [-0.05, 0) is 36.5 Å². The van der Waals surface area contributed by atoms with Crippen LogP contribution in [0.4, 0.5) is 0 Å². The molecule has 0 saturated heterocycles. The van der Waals surface area contributed by atoms with Gasteiger partial charge in [-0.15, -0.1) is 0 Å². The molecule has 0 bridgehead atoms. The monoisotopic (exact) mass is 362 g/mol. The van der Waals surface area contributed by atoms with Gasteiger partial charge in [-0.2, -0.15) is 0 Å². The van der Waals surface area contributed by atoms with Gasteiger partial charge in [0.25, 0.3) is 0 Å². The highest BCUT2D eigenvalue weighted by molar-refractivity contribution is 5.62. The molecule has 3 rings (SSSR count). The minimum absolute atomic E-state index is 0.391. The topological polar surface area (TPSA) is 73.9 Å². The number of benzene rings is 1. The molecule has 0 fully saturated rings. The molecule has 3 aromatic rings. The fourth-order valence-corrected chi connectivity index (χ4v) is 3.32. The lowest BCUT2D eigenvalue weighted by Gasteiger charge is -2.16. The summed E-state index contributed by atoms with van der Waals surface area (Å²) < 4.78 is 5.45. The summed E-state index contributed by atoms with van der Waals surface area (Å²) in [6, 6.07) is 10.1. The summed E-state index contributed by atoms with van der Waals surface area (Å²) in [7, 11) is 1.66. The molecule has 1 atom stereocenters. The Kier molecular flexibility index (Phi) is 6.49. The van der Waals surface area contributed by atoms with Crippen molar-refractivity contribution < 1.29 is 4.74 Å². The van der Waals surface area contributed by atoms with Crippen molar-refractivity contribution in [1.82, 2.24) is 15.0 Å². The fourth-order valence-electron chi connectivity index (χ4n) is 3.32. The summed E-state index contributed by atoms with van der Waals surface area (Å²) >= 11 is 0. The molecular weight excluding hydrogens is 336 g/mol. The number of hydrogen-bond acceptors (Lipinski definition) is 5. The van der Waals surface area contributed by atoms with Gasteiger partial charge in [0.1, 0.15) is 5.75 Å². The Bertz CT molecular complexity index is 867. The van der Waals surface area contributed by atoms with E-state index in [1.54, 1.807) is 13.3 Å². The number of pyridine rings is 1. The van der Waals surface area contributed by atoms with Gasteiger partial charge in [0.05, 0.1) is 24.7 Å². The van der Waals surface area contributed by atoms with Crippen molar-refractivity contribution in [2.45, 2.75) is 38.6 Å². The van der Waals surface area contributed by atoms with E-state index in [2.05, 4.69) is 23.0 Å². The first-order valence-corrected chi connectivity index (χ1v) is 9.33. The van der Waals surface area contributed by atoms with Crippen molar-refractivity contribution in [2.24, 2.45) is 5.73 Å². The molecule has 0 saturated carbocycles. The first-order valence-electron chi connectivity index (χ1n) is 9.33. The van der Waals surface area contributed by atoms with E-state index in [0.717, 1.165) is 47.5 Å². The zero-order chi connectivity index (χ0) is 19.1. The van der Waals surface area contributed by atoms with Gasteiger partial charge in [-0.3, -0.25) is 9.97 Å². The molecule has 2 heterocycles. The average molecular weight is 362 g/mol. The Labute approximate surface area is 160 Å². The molecule has 1 aromatic carbocycles. The van der Waals surface area contributed by atoms with Gasteiger partial charge < -0.3 is 10.5 Å². The molecule has 0 amide bonds. The minimum Gasteiger partial charge on any atom is -0.496 e. The van der Waals surface area contributed by atoms with E-state index in [1.165, 1.54) is 5.56 Å². The lowest BCUT2D eigenvalue weighted by Crippen LogP contribution is -2.06. The summed E-state index contributed by atoms with van der Waals surface area (Å²) in [6.45, 7) is 2.65. The van der Waals surface area contributed by atoms with Crippen molar-refractivity contribution in [3.05, 3.63) is 71.9 Å². The number of rotatable bonds is 8. The second kappa shape index (κ2) is 9.24. The third-order valence-electron chi connectivity index (χ3n) is 4.74. The van der Waals surface area contributed by atoms with E-state index in [1.807, 2.05) is 42.9 Å². The summed E-state index contributed by atoms with van der Waals surface area (Å²) in [5, 5.41) is 0. The Morgan fingerprint density at radius 2 is 2.00 bits per heavy atom. The molecule has 5 heteroatoms. The normalized spacial score (nSPS) is 12.0. The van der Waals surface area contributed by atoms with Crippen LogP contribution < -0.4 is 10.5 Å². The maximum atomic E-state index is 5.76. The van der Waals surface area contributed by atoms with E-state index in [9.17, 15) is 0 Å². The maximum absolute atomic E-state index is 5.76. The Morgan fingerprint density at radius 3 is 2.70 bits per heavy atom. The molecule has 1 unspecified atom stereocenters. The minimum atomic E-state index is 0.391. The van der Waals surface area contributed by atoms with Crippen molar-refractivity contribution in [1.29, 1.82) is 0 Å². The summed E-state index contributed by atoms with van der Waals surface area (Å²) in [5.41, 5.74) is 10.8. The molecular formula is C22H26N4O. The van der Waals surface area contributed by atoms with Crippen molar-refractivity contribution in [3.63, 3.8) is 0 Å². The van der Waals surface area contributed by atoms with E-state index in [-0.39, 0.29) is 0 Å². The molecule has 2 aromatic heterocycles. The summed E-state index contributed by atoms with van der Waals surface area (Å²) in [5.74, 6) is 1.17. The van der Waals surface area contributed by atoms with Crippen LogP contribution in [0.3, 0.4) is 0 Å². The Balaban J connectivity index is 1.87. The highest BCUT2D eigenvalue weighted by Crippen LogP contribution is 2.28. The van der Waals surface area contributed by atoms with Gasteiger partial charge in [0.2, 0.25) is 0 Å². The largest absolute Gasteiger partial charge is 0.496 e. The zero-order valence-corrected chi connectivity index (χ0v) is 15.9. The average Bonchev–Trinajstić information content (AvgIpc) is 2.73. The molecule has 0 spiro atoms. The molecule has 0 aliphatic carbocycles. The maximum Gasteiger partial charge on any atom is 0.124 e. The molecule has 5 nitrogen and oxygen atoms in total. The van der Waals surface area contributed by atoms with Crippen LogP contribution in [0.5, 0.6) is 5.75 Å². The van der Waals surface area contributed by atoms with Gasteiger partial charge in [-0.25, -0.2) is 4.98 Å². The number of nitrogens with zero attached hydrogens (tertiary/aromatic N) is 3. The molecule has 0 aliphatic heterocycles. The highest BCUT2D eigenvalue weighted by atomic mass is 16.5. The van der Waals surface area contributed by atoms with Crippen LogP contribution in [0.2, 0.25) is 0 Å². The fraction of sp³-hybridized carbons (Fsp3) is 0.318. The highest BCUT2D eigenvalue weighted by Gasteiger charge is 2.14. The third kappa shape index (κ3) is 4.68. The van der Waals surface area contributed by atoms with Gasteiger partial charge in [0, 0.05) is 36.3 Å². The Hall–Kier alpha value is -2.79. The van der Waals surface area contributed by atoms with Crippen molar-refractivity contribution >= 4 is 0 Å². The number of ether oxygens (including phenoxy) is 1. The first kappa shape index (κ1) is 19.0. The van der Waals surface area contributed by atoms with Crippen LogP contribution in [0, 0.1) is 0 Å². The van der Waals surface area contributed by atoms with E-state index >= 15 is 0 Å². The van der Waals surface area contributed by atoms with Crippen LogP contribution in [-0.2, 0) is 13.0 Å². The zero-order valence-electron chi connectivity index (χ0n) is 15.9. The molecule has 0 aliphatic rings. The van der Waals surface area contributed by atoms with Gasteiger partial charge in [0.15, 0.2) is 0 Å². The van der Waals surface area contributed by atoms with E-state index in [0.29, 0.717) is 12.5 Å². The van der Waals surface area contributed by atoms with Crippen LogP contribution in [0.25, 0.3) is 11.3 Å². The van der Waals surface area contributed by atoms with Crippen LogP contribution in [0.1, 0.15) is 42.5 Å². The van der Waals surface area contributed by atoms with Crippen molar-refractivity contribution in [3.8, 4) is 17.0 Å². The first-order chi connectivity index (χ1) is 13.2. The molecule has 27 heavy (non-hydrogen) atoms. The lowest BCUT2D eigenvalue weighted by molar-refractivity contribution is 0.410. The van der Waals surface area contributed by atoms with E-state index < -0.39 is 0 Å². The lowest BCUT2D eigenvalue weighted by atomic mass is 9.91. The second-order valence-electron chi connectivity index (χ2n) is 6.60. The summed E-state index contributed by atoms with van der Waals surface area (Å²) in [4.78, 5) is 13.5. The van der Waals surface area contributed by atoms with Crippen LogP contribution in [0.15, 0.2) is 55.1 Å². The number of methoxy groups -OCH3 is 1. The van der Waals surface area contributed by atoms with E-state index in [4.69, 9.17) is 15.5 Å². The molecule has 0 radical (unpaired) electrons. The van der Waals surface area contributed by atoms with Crippen LogP contribution >= 0.6 is 0 Å². The Morgan fingerprint density at radius 1 is 1.11 bits per heavy atom. The van der Waals surface area contributed by atoms with Crippen molar-refractivity contribution in [2.75, 3.05) is 7.11 Å². The standard InChI is InChI=1S/C22H26N4O/c1-3-5-16(19-6-4-9-24-13-19)10-20-14-25-15-21(26-20)17-7-8-18(12-23)22(11-17)27-2/h4,6-9,11,13-16H,3,5,10,12,23H2,1-2H3. The predicted molar refractivity (Wildman–Crippen MR) is 108 cm³/mol. The van der Waals surface area contributed by atoms with Crippen LogP contribution in [-0.4, -0.2) is 22.1 Å². The number of aromatic nitrogens is 3. The van der Waals surface area contributed by atoms with Gasteiger partial charge >= 0.3 is 0 Å². The molecule has 140 valence electrons. The summed E-state index contributed by atoms with van der Waals surface area (Å²) in [6.07, 6.45) is 10.5. The van der Waals surface area contributed by atoms with Gasteiger partial charge in [-0.1, -0.05) is 31.5 Å². The molecule has 2 N–H and O–H groups in total.